The number of nitriles is 1. The van der Waals surface area contributed by atoms with Crippen LogP contribution in [0.4, 0.5) is 0 Å². The number of carbonyl (C=O) groups excluding carboxylic acids is 2. The second-order valence-corrected chi connectivity index (χ2v) is 8.40. The van der Waals surface area contributed by atoms with Crippen molar-refractivity contribution in [1.29, 1.82) is 5.26 Å². The van der Waals surface area contributed by atoms with Crippen molar-refractivity contribution in [2.45, 2.75) is 12.8 Å². The molecule has 3 rings (SSSR count). The van der Waals surface area contributed by atoms with Crippen molar-refractivity contribution >= 4 is 34.9 Å². The maximum absolute atomic E-state index is 12.7. The summed E-state index contributed by atoms with van der Waals surface area (Å²) in [5.41, 5.74) is 2.03. The summed E-state index contributed by atoms with van der Waals surface area (Å²) < 4.78 is 5.27. The fraction of sp³-hybridized carbons (Fsp3) is 0.174. The minimum absolute atomic E-state index is 0.0299. The van der Waals surface area contributed by atoms with E-state index in [0.717, 1.165) is 4.88 Å². The maximum atomic E-state index is 12.7. The van der Waals surface area contributed by atoms with Gasteiger partial charge in [0.15, 0.2) is 5.78 Å². The van der Waals surface area contributed by atoms with Crippen LogP contribution in [-0.2, 0) is 9.53 Å². The van der Waals surface area contributed by atoms with Crippen LogP contribution in [0.25, 0.3) is 0 Å². The number of hydrogen-bond acceptors (Lipinski definition) is 7. The molecule has 5 nitrogen and oxygen atoms in total. The number of rotatable bonds is 8. The van der Waals surface area contributed by atoms with Gasteiger partial charge in [-0.25, -0.2) is 4.79 Å². The summed E-state index contributed by atoms with van der Waals surface area (Å²) in [5.74, 6) is -0.880. The van der Waals surface area contributed by atoms with Crippen molar-refractivity contribution in [3.8, 4) is 6.07 Å². The molecule has 152 valence electrons. The third-order valence-electron chi connectivity index (χ3n) is 4.47. The fourth-order valence-electron chi connectivity index (χ4n) is 3.09. The average molecular weight is 437 g/mol. The number of nitrogens with zero attached hydrogens (tertiary/aromatic N) is 1. The Morgan fingerprint density at radius 2 is 2.07 bits per heavy atom. The van der Waals surface area contributed by atoms with E-state index >= 15 is 0 Å². The van der Waals surface area contributed by atoms with Gasteiger partial charge in [-0.15, -0.1) is 11.3 Å². The molecule has 0 aliphatic carbocycles. The Kier molecular flexibility index (Phi) is 7.28. The van der Waals surface area contributed by atoms with E-state index in [0.29, 0.717) is 27.4 Å². The van der Waals surface area contributed by atoms with Gasteiger partial charge in [-0.1, -0.05) is 60.8 Å². The standard InChI is InChI=1S/C23H20N2O3S2/c1-3-11-28-23(27)20-15(2)25-22(17(13-24)21(20)19-10-7-12-29-19)30-14-18(26)16-8-5-4-6-9-16/h3-10,12,21,25H,1,11,14H2,2H3/t21-/m0/s1. The van der Waals surface area contributed by atoms with Gasteiger partial charge in [-0.3, -0.25) is 4.79 Å². The first-order chi connectivity index (χ1) is 14.6. The number of hydrogen-bond donors (Lipinski definition) is 1. The molecule has 2 heterocycles. The molecule has 0 radical (unpaired) electrons. The highest BCUT2D eigenvalue weighted by Crippen LogP contribution is 2.42. The molecule has 0 saturated carbocycles. The van der Waals surface area contributed by atoms with Crippen LogP contribution in [0.15, 0.2) is 82.4 Å². The minimum Gasteiger partial charge on any atom is -0.458 e. The number of allylic oxidation sites excluding steroid dienone is 2. The largest absolute Gasteiger partial charge is 0.458 e. The predicted octanol–water partition coefficient (Wildman–Crippen LogP) is 4.79. The van der Waals surface area contributed by atoms with Crippen molar-refractivity contribution in [3.63, 3.8) is 0 Å². The molecule has 1 atom stereocenters. The molecule has 30 heavy (non-hydrogen) atoms. The topological polar surface area (TPSA) is 79.2 Å². The highest BCUT2D eigenvalue weighted by molar-refractivity contribution is 8.03. The molecule has 0 spiro atoms. The summed E-state index contributed by atoms with van der Waals surface area (Å²) in [6, 6.07) is 15.0. The Morgan fingerprint density at radius 3 is 2.70 bits per heavy atom. The first kappa shape index (κ1) is 21.6. The zero-order chi connectivity index (χ0) is 21.5. The molecule has 1 aliphatic heterocycles. The summed E-state index contributed by atoms with van der Waals surface area (Å²) >= 11 is 2.74. The van der Waals surface area contributed by atoms with Crippen LogP contribution in [-0.4, -0.2) is 24.1 Å². The smallest absolute Gasteiger partial charge is 0.337 e. The number of benzene rings is 1. The van der Waals surface area contributed by atoms with Crippen LogP contribution in [0.2, 0.25) is 0 Å². The second-order valence-electron chi connectivity index (χ2n) is 6.43. The van der Waals surface area contributed by atoms with Crippen molar-refractivity contribution in [1.82, 2.24) is 5.32 Å². The van der Waals surface area contributed by atoms with Gasteiger partial charge in [-0.2, -0.15) is 5.26 Å². The number of nitrogens with one attached hydrogen (secondary N) is 1. The van der Waals surface area contributed by atoms with E-state index in [1.54, 1.807) is 19.1 Å². The molecule has 1 aromatic carbocycles. The number of carbonyl (C=O) groups is 2. The minimum atomic E-state index is -0.539. The van der Waals surface area contributed by atoms with E-state index < -0.39 is 11.9 Å². The van der Waals surface area contributed by atoms with E-state index in [2.05, 4.69) is 18.0 Å². The Hall–Kier alpha value is -3.08. The predicted molar refractivity (Wildman–Crippen MR) is 120 cm³/mol. The van der Waals surface area contributed by atoms with Crippen molar-refractivity contribution in [3.05, 3.63) is 92.8 Å². The first-order valence-corrected chi connectivity index (χ1v) is 11.1. The normalized spacial score (nSPS) is 15.9. The third-order valence-corrected chi connectivity index (χ3v) is 6.43. The van der Waals surface area contributed by atoms with Gasteiger partial charge < -0.3 is 10.1 Å². The Balaban J connectivity index is 1.92. The van der Waals surface area contributed by atoms with Crippen molar-refractivity contribution in [2.75, 3.05) is 12.4 Å². The zero-order valence-electron chi connectivity index (χ0n) is 16.4. The van der Waals surface area contributed by atoms with Crippen LogP contribution in [0.3, 0.4) is 0 Å². The third kappa shape index (κ3) is 4.73. The lowest BCUT2D eigenvalue weighted by Gasteiger charge is -2.28. The van der Waals surface area contributed by atoms with Gasteiger partial charge in [0, 0.05) is 16.1 Å². The number of Topliss-reactive ketones (excluding diaryl/α,β-unsaturated/α-hetero) is 1. The molecule has 0 unspecified atom stereocenters. The molecule has 0 bridgehead atoms. The number of ether oxygens (including phenoxy) is 1. The molecule has 0 fully saturated rings. The van der Waals surface area contributed by atoms with Crippen LogP contribution in [0, 0.1) is 11.3 Å². The molecule has 1 aliphatic rings. The summed E-state index contributed by atoms with van der Waals surface area (Å²) in [6.45, 7) is 5.44. The number of ketones is 1. The summed E-state index contributed by atoms with van der Waals surface area (Å²) in [5, 5.41) is 15.6. The summed E-state index contributed by atoms with van der Waals surface area (Å²) in [4.78, 5) is 26.1. The molecular formula is C23H20N2O3S2. The molecule has 0 amide bonds. The van der Waals surface area contributed by atoms with Crippen LogP contribution in [0.5, 0.6) is 0 Å². The number of esters is 1. The maximum Gasteiger partial charge on any atom is 0.337 e. The molecular weight excluding hydrogens is 416 g/mol. The Morgan fingerprint density at radius 1 is 1.30 bits per heavy atom. The van der Waals surface area contributed by atoms with E-state index in [1.807, 2.05) is 35.7 Å². The molecule has 1 N–H and O–H groups in total. The SMILES string of the molecule is C=CCOC(=O)C1=C(C)NC(SCC(=O)c2ccccc2)=C(C#N)[C@H]1c1cccs1. The quantitative estimate of drug-likeness (QED) is 0.364. The number of thioether (sulfide) groups is 1. The van der Waals surface area contributed by atoms with Gasteiger partial charge in [0.05, 0.1) is 33.9 Å². The lowest BCUT2D eigenvalue weighted by atomic mass is 9.87. The molecule has 2 aromatic rings. The van der Waals surface area contributed by atoms with Crippen LogP contribution < -0.4 is 5.32 Å². The Labute approximate surface area is 183 Å². The van der Waals surface area contributed by atoms with Gasteiger partial charge in [0.1, 0.15) is 6.61 Å². The van der Waals surface area contributed by atoms with Crippen LogP contribution >= 0.6 is 23.1 Å². The van der Waals surface area contributed by atoms with Crippen molar-refractivity contribution < 1.29 is 14.3 Å². The summed E-state index contributed by atoms with van der Waals surface area (Å²) in [7, 11) is 0. The van der Waals surface area contributed by atoms with Gasteiger partial charge in [0.25, 0.3) is 0 Å². The first-order valence-electron chi connectivity index (χ1n) is 9.21. The van der Waals surface area contributed by atoms with Gasteiger partial charge in [-0.05, 0) is 18.4 Å². The highest BCUT2D eigenvalue weighted by Gasteiger charge is 2.36. The lowest BCUT2D eigenvalue weighted by Crippen LogP contribution is -2.28. The van der Waals surface area contributed by atoms with Crippen molar-refractivity contribution in [2.24, 2.45) is 0 Å². The van der Waals surface area contributed by atoms with Crippen LogP contribution in [0.1, 0.15) is 28.1 Å². The monoisotopic (exact) mass is 436 g/mol. The van der Waals surface area contributed by atoms with E-state index in [9.17, 15) is 14.9 Å². The molecule has 7 heteroatoms. The van der Waals surface area contributed by atoms with E-state index in [-0.39, 0.29) is 18.1 Å². The number of thiophene rings is 1. The fourth-order valence-corrected chi connectivity index (χ4v) is 4.92. The number of dihydropyridines is 1. The highest BCUT2D eigenvalue weighted by atomic mass is 32.2. The Bertz CT molecular complexity index is 1050. The van der Waals surface area contributed by atoms with Gasteiger partial charge in [0.2, 0.25) is 0 Å². The van der Waals surface area contributed by atoms with E-state index in [4.69, 9.17) is 4.74 Å². The zero-order valence-corrected chi connectivity index (χ0v) is 18.0. The summed E-state index contributed by atoms with van der Waals surface area (Å²) in [6.07, 6.45) is 1.50. The molecule has 0 saturated heterocycles. The van der Waals surface area contributed by atoms with Gasteiger partial charge >= 0.3 is 5.97 Å². The lowest BCUT2D eigenvalue weighted by molar-refractivity contribution is -0.138. The molecule has 1 aromatic heterocycles. The average Bonchev–Trinajstić information content (AvgIpc) is 3.30. The van der Waals surface area contributed by atoms with E-state index in [1.165, 1.54) is 29.2 Å². The second kappa shape index (κ2) is 10.1.